The van der Waals surface area contributed by atoms with E-state index >= 15 is 0 Å². The summed E-state index contributed by atoms with van der Waals surface area (Å²) in [6, 6.07) is 0. The number of carbonyl (C=O) groups is 3. The van der Waals surface area contributed by atoms with Crippen molar-refractivity contribution in [3.8, 4) is 0 Å². The second-order valence-corrected chi connectivity index (χ2v) is 10.5. The Kier molecular flexibility index (Phi) is 5.64. The molecule has 28 heavy (non-hydrogen) atoms. The molecule has 2 bridgehead atoms. The van der Waals surface area contributed by atoms with Crippen molar-refractivity contribution in [1.82, 2.24) is 0 Å². The molecule has 9 nitrogen and oxygen atoms in total. The summed E-state index contributed by atoms with van der Waals surface area (Å²) in [6.07, 6.45) is -1.20. The van der Waals surface area contributed by atoms with Crippen molar-refractivity contribution in [2.24, 2.45) is 23.7 Å². The van der Waals surface area contributed by atoms with Gasteiger partial charge in [-0.3, -0.25) is 18.9 Å². The van der Waals surface area contributed by atoms with Crippen LogP contribution >= 0.6 is 22.6 Å². The third kappa shape index (κ3) is 4.10. The van der Waals surface area contributed by atoms with Crippen molar-refractivity contribution >= 4 is 50.6 Å². The van der Waals surface area contributed by atoms with Crippen molar-refractivity contribution in [3.05, 3.63) is 0 Å². The fourth-order valence-corrected chi connectivity index (χ4v) is 5.04. The molecule has 0 amide bonds. The first kappa shape index (κ1) is 21.6. The van der Waals surface area contributed by atoms with E-state index in [9.17, 15) is 31.6 Å². The van der Waals surface area contributed by atoms with Crippen LogP contribution < -0.4 is 0 Å². The lowest BCUT2D eigenvalue weighted by atomic mass is 9.78. The van der Waals surface area contributed by atoms with E-state index in [0.29, 0.717) is 6.42 Å². The Labute approximate surface area is 172 Å². The largest absolute Gasteiger partial charge is 0.459 e. The lowest BCUT2D eigenvalue weighted by molar-refractivity contribution is -0.169. The molecule has 3 fully saturated rings. The summed E-state index contributed by atoms with van der Waals surface area (Å²) in [5.74, 6) is -11.2. The normalized spacial score (nSPS) is 34.8. The third-order valence-electron chi connectivity index (χ3n) is 5.21. The molecule has 0 radical (unpaired) electrons. The van der Waals surface area contributed by atoms with Gasteiger partial charge in [0.05, 0.1) is 11.8 Å². The van der Waals surface area contributed by atoms with Gasteiger partial charge >= 0.3 is 17.9 Å². The van der Waals surface area contributed by atoms with Crippen LogP contribution in [0.1, 0.15) is 13.3 Å². The van der Waals surface area contributed by atoms with E-state index in [0.717, 1.165) is 0 Å². The molecule has 1 aliphatic heterocycles. The molecule has 7 atom stereocenters. The smallest absolute Gasteiger partial charge is 0.319 e. The van der Waals surface area contributed by atoms with Gasteiger partial charge in [-0.05, 0) is 13.3 Å². The molecule has 3 rings (SSSR count). The first-order valence-corrected chi connectivity index (χ1v) is 11.2. The van der Waals surface area contributed by atoms with E-state index in [1.807, 2.05) is 22.6 Å². The van der Waals surface area contributed by atoms with E-state index in [4.69, 9.17) is 14.0 Å². The van der Waals surface area contributed by atoms with Crippen LogP contribution in [0.2, 0.25) is 0 Å². The molecule has 1 heterocycles. The van der Waals surface area contributed by atoms with E-state index < -0.39 is 80.2 Å². The van der Waals surface area contributed by atoms with Gasteiger partial charge in [0.25, 0.3) is 16.0 Å². The number of hydrogen-bond acceptors (Lipinski definition) is 8. The van der Waals surface area contributed by atoms with Crippen molar-refractivity contribution < 1.29 is 50.3 Å². The summed E-state index contributed by atoms with van der Waals surface area (Å²) in [5, 5.41) is 0. The fourth-order valence-electron chi connectivity index (χ4n) is 4.28. The van der Waals surface area contributed by atoms with Gasteiger partial charge in [-0.15, -0.1) is 0 Å². The Bertz CT molecular complexity index is 799. The minimum Gasteiger partial charge on any atom is -0.459 e. The van der Waals surface area contributed by atoms with Gasteiger partial charge in [-0.25, -0.2) is 8.78 Å². The summed E-state index contributed by atoms with van der Waals surface area (Å²) in [7, 11) is -4.98. The number of hydrogen-bond donors (Lipinski definition) is 1. The van der Waals surface area contributed by atoms with Crippen LogP contribution in [0, 0.1) is 23.7 Å². The zero-order valence-corrected chi connectivity index (χ0v) is 17.4. The molecular weight excluding hydrogens is 521 g/mol. The number of fused-ring (bicyclic) bond motifs is 1. The molecule has 1 saturated heterocycles. The van der Waals surface area contributed by atoms with E-state index in [1.165, 1.54) is 0 Å². The quantitative estimate of drug-likeness (QED) is 0.163. The van der Waals surface area contributed by atoms with Crippen LogP contribution in [0.5, 0.6) is 0 Å². The van der Waals surface area contributed by atoms with Crippen LogP contribution in [-0.2, 0) is 38.7 Å². The lowest BCUT2D eigenvalue weighted by Gasteiger charge is -2.30. The molecule has 3 aliphatic rings. The highest BCUT2D eigenvalue weighted by atomic mass is 127. The Morgan fingerprint density at radius 1 is 1.39 bits per heavy atom. The summed E-state index contributed by atoms with van der Waals surface area (Å²) < 4.78 is 71.7. The standard InChI is InChI=1S/C15H17F2IO9S/c1-5(18)12(19)26-10-6-2-7-9(14(21)27-11(7)10)8(6)13(20)25-3-15(16,17)4-28(22,23)24/h5-11H,2-4H2,1H3,(H,22,23,24). The molecule has 0 aromatic carbocycles. The molecule has 2 aliphatic carbocycles. The topological polar surface area (TPSA) is 133 Å². The van der Waals surface area contributed by atoms with Gasteiger partial charge < -0.3 is 14.2 Å². The van der Waals surface area contributed by atoms with Crippen molar-refractivity contribution in [2.45, 2.75) is 35.4 Å². The average Bonchev–Trinajstić information content (AvgIpc) is 3.13. The highest BCUT2D eigenvalue weighted by Gasteiger charge is 2.70. The number of rotatable bonds is 7. The first-order chi connectivity index (χ1) is 12.8. The van der Waals surface area contributed by atoms with Crippen molar-refractivity contribution in [2.75, 3.05) is 12.4 Å². The van der Waals surface area contributed by atoms with Crippen molar-refractivity contribution in [3.63, 3.8) is 0 Å². The van der Waals surface area contributed by atoms with Gasteiger partial charge in [0, 0.05) is 11.8 Å². The SMILES string of the molecule is CC(I)C(=O)OC1C2CC3C1OC(=O)C3C2C(=O)OCC(F)(F)CS(=O)(=O)O. The number of ether oxygens (including phenoxy) is 3. The maximum atomic E-state index is 13.6. The third-order valence-corrected chi connectivity index (χ3v) is 6.51. The van der Waals surface area contributed by atoms with Crippen molar-refractivity contribution in [1.29, 1.82) is 0 Å². The maximum absolute atomic E-state index is 13.6. The van der Waals surface area contributed by atoms with Crippen LogP contribution in [0.4, 0.5) is 8.78 Å². The zero-order valence-electron chi connectivity index (χ0n) is 14.4. The molecule has 0 aromatic heterocycles. The molecular formula is C15H17F2IO9S. The predicted molar refractivity (Wildman–Crippen MR) is 94.1 cm³/mol. The number of halogens is 3. The van der Waals surface area contributed by atoms with Crippen LogP contribution in [0.25, 0.3) is 0 Å². The van der Waals surface area contributed by atoms with Crippen LogP contribution in [0.3, 0.4) is 0 Å². The second kappa shape index (κ2) is 7.31. The van der Waals surface area contributed by atoms with Crippen LogP contribution in [-0.4, -0.2) is 65.3 Å². The highest BCUT2D eigenvalue weighted by Crippen LogP contribution is 2.59. The second-order valence-electron chi connectivity index (χ2n) is 7.22. The Hall–Kier alpha value is -1.09. The summed E-state index contributed by atoms with van der Waals surface area (Å²) in [4.78, 5) is 36.5. The molecule has 13 heteroatoms. The number of esters is 3. The molecule has 0 aromatic rings. The van der Waals surface area contributed by atoms with E-state index in [-0.39, 0.29) is 5.92 Å². The van der Waals surface area contributed by atoms with Gasteiger partial charge in [-0.1, -0.05) is 22.6 Å². The summed E-state index contributed by atoms with van der Waals surface area (Å²) in [6.45, 7) is 0.0303. The van der Waals surface area contributed by atoms with Gasteiger partial charge in [0.2, 0.25) is 0 Å². The predicted octanol–water partition coefficient (Wildman–Crippen LogP) is 0.596. The van der Waals surface area contributed by atoms with Crippen LogP contribution in [0.15, 0.2) is 0 Å². The Morgan fingerprint density at radius 2 is 2.04 bits per heavy atom. The summed E-state index contributed by atoms with van der Waals surface area (Å²) >= 11 is 1.84. The summed E-state index contributed by atoms with van der Waals surface area (Å²) in [5.41, 5.74) is 0. The number of alkyl halides is 3. The van der Waals surface area contributed by atoms with Gasteiger partial charge in [-0.2, -0.15) is 8.42 Å². The highest BCUT2D eigenvalue weighted by molar-refractivity contribution is 14.1. The lowest BCUT2D eigenvalue weighted by Crippen LogP contribution is -2.45. The van der Waals surface area contributed by atoms with E-state index in [1.54, 1.807) is 6.92 Å². The zero-order chi connectivity index (χ0) is 21.0. The maximum Gasteiger partial charge on any atom is 0.319 e. The first-order valence-electron chi connectivity index (χ1n) is 8.35. The monoisotopic (exact) mass is 538 g/mol. The number of carbonyl (C=O) groups excluding carboxylic acids is 3. The van der Waals surface area contributed by atoms with Gasteiger partial charge in [0.15, 0.2) is 6.61 Å². The van der Waals surface area contributed by atoms with E-state index in [2.05, 4.69) is 4.74 Å². The molecule has 2 saturated carbocycles. The molecule has 158 valence electrons. The minimum absolute atomic E-state index is 0.343. The fraction of sp³-hybridized carbons (Fsp3) is 0.800. The average molecular weight is 538 g/mol. The molecule has 7 unspecified atom stereocenters. The molecule has 1 N–H and O–H groups in total. The molecule has 0 spiro atoms. The Balaban J connectivity index is 1.72. The minimum atomic E-state index is -4.98. The van der Waals surface area contributed by atoms with Gasteiger partial charge in [0.1, 0.15) is 21.9 Å². The Morgan fingerprint density at radius 3 is 2.61 bits per heavy atom.